The minimum Gasteiger partial charge on any atom is -0.480 e. The molecule has 0 radical (unpaired) electrons. The molecule has 3 amide bonds. The number of piperazine rings is 1. The van der Waals surface area contributed by atoms with Gasteiger partial charge in [-0.05, 0) is 12.8 Å². The van der Waals surface area contributed by atoms with E-state index in [4.69, 9.17) is 5.11 Å². The molecule has 0 aliphatic carbocycles. The Kier molecular flexibility index (Phi) is 4.35. The van der Waals surface area contributed by atoms with Gasteiger partial charge in [0.05, 0.1) is 11.5 Å². The summed E-state index contributed by atoms with van der Waals surface area (Å²) in [6, 6.07) is -2.09. The van der Waals surface area contributed by atoms with Crippen LogP contribution in [0.3, 0.4) is 0 Å². The van der Waals surface area contributed by atoms with E-state index < -0.39 is 33.8 Å². The summed E-state index contributed by atoms with van der Waals surface area (Å²) in [6.07, 6.45) is 0.595. The standard InChI is InChI=1S/C11H17N3O6S/c15-9-6-14(8(5-12-9)10(16)17)11(18)13-7-1-3-21(19,20)4-2-7/h7-8H,1-6H2,(H,12,15)(H,13,18)(H,16,17). The molecule has 1 unspecified atom stereocenters. The fourth-order valence-corrected chi connectivity index (χ4v) is 3.86. The number of carboxylic acid groups (broad SMARTS) is 1. The van der Waals surface area contributed by atoms with Gasteiger partial charge in [-0.3, -0.25) is 9.69 Å². The number of rotatable bonds is 2. The molecule has 2 rings (SSSR count). The van der Waals surface area contributed by atoms with Gasteiger partial charge in [0.2, 0.25) is 5.91 Å². The molecular weight excluding hydrogens is 302 g/mol. The van der Waals surface area contributed by atoms with Gasteiger partial charge in [0.25, 0.3) is 0 Å². The molecule has 2 aliphatic heterocycles. The number of hydrogen-bond donors (Lipinski definition) is 3. The summed E-state index contributed by atoms with van der Waals surface area (Å²) < 4.78 is 22.6. The molecule has 0 aromatic carbocycles. The lowest BCUT2D eigenvalue weighted by Gasteiger charge is -2.34. The Labute approximate surface area is 121 Å². The van der Waals surface area contributed by atoms with Crippen molar-refractivity contribution in [3.05, 3.63) is 0 Å². The number of carboxylic acids is 1. The van der Waals surface area contributed by atoms with Gasteiger partial charge < -0.3 is 15.7 Å². The first-order valence-electron chi connectivity index (χ1n) is 6.55. The van der Waals surface area contributed by atoms with Gasteiger partial charge in [-0.25, -0.2) is 18.0 Å². The normalized spacial score (nSPS) is 26.0. The first-order valence-corrected chi connectivity index (χ1v) is 8.38. The number of amides is 3. The van der Waals surface area contributed by atoms with Crippen LogP contribution in [0, 0.1) is 0 Å². The molecular formula is C11H17N3O6S. The second kappa shape index (κ2) is 5.88. The van der Waals surface area contributed by atoms with Crippen LogP contribution in [-0.4, -0.2) is 73.0 Å². The smallest absolute Gasteiger partial charge is 0.328 e. The lowest BCUT2D eigenvalue weighted by atomic mass is 10.1. The van der Waals surface area contributed by atoms with E-state index >= 15 is 0 Å². The van der Waals surface area contributed by atoms with Gasteiger partial charge in [-0.2, -0.15) is 0 Å². The predicted octanol–water partition coefficient (Wildman–Crippen LogP) is -1.84. The van der Waals surface area contributed by atoms with Gasteiger partial charge in [-0.15, -0.1) is 0 Å². The molecule has 118 valence electrons. The highest BCUT2D eigenvalue weighted by Gasteiger charge is 2.36. The number of hydrogen-bond acceptors (Lipinski definition) is 5. The zero-order valence-corrected chi connectivity index (χ0v) is 12.1. The zero-order chi connectivity index (χ0) is 15.6. The number of carbonyl (C=O) groups is 3. The highest BCUT2D eigenvalue weighted by Crippen LogP contribution is 2.13. The third kappa shape index (κ3) is 3.84. The second-order valence-corrected chi connectivity index (χ2v) is 7.47. The molecule has 1 atom stereocenters. The summed E-state index contributed by atoms with van der Waals surface area (Å²) in [7, 11) is -3.03. The Morgan fingerprint density at radius 3 is 2.48 bits per heavy atom. The lowest BCUT2D eigenvalue weighted by molar-refractivity contribution is -0.144. The largest absolute Gasteiger partial charge is 0.480 e. The first kappa shape index (κ1) is 15.5. The minimum absolute atomic E-state index is 0.000786. The number of urea groups is 1. The molecule has 10 heteroatoms. The lowest BCUT2D eigenvalue weighted by Crippen LogP contribution is -2.62. The van der Waals surface area contributed by atoms with Gasteiger partial charge in [0, 0.05) is 12.6 Å². The molecule has 3 N–H and O–H groups in total. The number of carbonyl (C=O) groups excluding carboxylic acids is 2. The molecule has 2 saturated heterocycles. The van der Waals surface area contributed by atoms with Crippen molar-refractivity contribution in [3.63, 3.8) is 0 Å². The monoisotopic (exact) mass is 319 g/mol. The van der Waals surface area contributed by atoms with E-state index in [1.807, 2.05) is 0 Å². The van der Waals surface area contributed by atoms with Gasteiger partial charge in [0.15, 0.2) is 0 Å². The first-order chi connectivity index (χ1) is 9.78. The zero-order valence-electron chi connectivity index (χ0n) is 11.2. The fraction of sp³-hybridized carbons (Fsp3) is 0.727. The van der Waals surface area contributed by atoms with E-state index in [9.17, 15) is 22.8 Å². The molecule has 2 heterocycles. The maximum Gasteiger partial charge on any atom is 0.328 e. The molecule has 0 spiro atoms. The summed E-state index contributed by atoms with van der Waals surface area (Å²) in [5.74, 6) is -1.62. The molecule has 0 aromatic heterocycles. The van der Waals surface area contributed by atoms with Gasteiger partial charge in [-0.1, -0.05) is 0 Å². The van der Waals surface area contributed by atoms with Crippen molar-refractivity contribution >= 4 is 27.7 Å². The van der Waals surface area contributed by atoms with Gasteiger partial charge in [0.1, 0.15) is 22.4 Å². The van der Waals surface area contributed by atoms with Crippen molar-refractivity contribution < 1.29 is 27.9 Å². The maximum absolute atomic E-state index is 12.1. The Morgan fingerprint density at radius 2 is 1.90 bits per heavy atom. The average Bonchev–Trinajstić information content (AvgIpc) is 2.40. The van der Waals surface area contributed by atoms with E-state index in [-0.39, 0.29) is 30.6 Å². The van der Waals surface area contributed by atoms with E-state index in [1.165, 1.54) is 0 Å². The topological polar surface area (TPSA) is 133 Å². The number of nitrogens with one attached hydrogen (secondary N) is 2. The quantitative estimate of drug-likeness (QED) is 0.548. The summed E-state index contributed by atoms with van der Waals surface area (Å²) in [6.45, 7) is -0.464. The second-order valence-electron chi connectivity index (χ2n) is 5.16. The molecule has 0 saturated carbocycles. The third-order valence-electron chi connectivity index (χ3n) is 3.61. The van der Waals surface area contributed by atoms with E-state index in [0.29, 0.717) is 12.8 Å². The minimum atomic E-state index is -3.03. The number of sulfone groups is 1. The summed E-state index contributed by atoms with van der Waals surface area (Å²) in [4.78, 5) is 35.5. The van der Waals surface area contributed by atoms with Crippen LogP contribution >= 0.6 is 0 Å². The summed E-state index contributed by atoms with van der Waals surface area (Å²) in [5.41, 5.74) is 0. The van der Waals surface area contributed by atoms with E-state index in [0.717, 1.165) is 4.90 Å². The van der Waals surface area contributed by atoms with Crippen molar-refractivity contribution in [2.24, 2.45) is 0 Å². The van der Waals surface area contributed by atoms with Gasteiger partial charge >= 0.3 is 12.0 Å². The number of aliphatic carboxylic acids is 1. The van der Waals surface area contributed by atoms with Crippen molar-refractivity contribution in [1.29, 1.82) is 0 Å². The van der Waals surface area contributed by atoms with Crippen LogP contribution < -0.4 is 10.6 Å². The van der Waals surface area contributed by atoms with Crippen LogP contribution in [0.1, 0.15) is 12.8 Å². The van der Waals surface area contributed by atoms with Crippen LogP contribution in [0.25, 0.3) is 0 Å². The third-order valence-corrected chi connectivity index (χ3v) is 5.33. The molecule has 21 heavy (non-hydrogen) atoms. The molecule has 2 aliphatic rings. The molecule has 0 aromatic rings. The summed E-state index contributed by atoms with van der Waals surface area (Å²) in [5, 5.41) is 14.1. The predicted molar refractivity (Wildman–Crippen MR) is 71.3 cm³/mol. The number of nitrogens with zero attached hydrogens (tertiary/aromatic N) is 1. The Morgan fingerprint density at radius 1 is 1.29 bits per heavy atom. The molecule has 0 bridgehead atoms. The van der Waals surface area contributed by atoms with Crippen LogP contribution in [0.5, 0.6) is 0 Å². The SMILES string of the molecule is O=C1CN(C(=O)NC2CCS(=O)(=O)CC2)C(C(=O)O)CN1. The summed E-state index contributed by atoms with van der Waals surface area (Å²) >= 11 is 0. The Bertz CT molecular complexity index is 546. The average molecular weight is 319 g/mol. The molecule has 9 nitrogen and oxygen atoms in total. The maximum atomic E-state index is 12.1. The van der Waals surface area contributed by atoms with Crippen molar-refractivity contribution in [1.82, 2.24) is 15.5 Å². The van der Waals surface area contributed by atoms with Crippen LogP contribution in [-0.2, 0) is 19.4 Å². The van der Waals surface area contributed by atoms with E-state index in [1.54, 1.807) is 0 Å². The Hall–Kier alpha value is -1.84. The Balaban J connectivity index is 1.97. The van der Waals surface area contributed by atoms with Crippen LogP contribution in [0.15, 0.2) is 0 Å². The highest BCUT2D eigenvalue weighted by atomic mass is 32.2. The van der Waals surface area contributed by atoms with Crippen LogP contribution in [0.2, 0.25) is 0 Å². The molecule has 2 fully saturated rings. The van der Waals surface area contributed by atoms with E-state index in [2.05, 4.69) is 10.6 Å². The van der Waals surface area contributed by atoms with Crippen molar-refractivity contribution in [2.75, 3.05) is 24.6 Å². The fourth-order valence-electron chi connectivity index (χ4n) is 2.37. The van der Waals surface area contributed by atoms with Crippen LogP contribution in [0.4, 0.5) is 4.79 Å². The highest BCUT2D eigenvalue weighted by molar-refractivity contribution is 7.91. The van der Waals surface area contributed by atoms with Crippen molar-refractivity contribution in [2.45, 2.75) is 24.9 Å². The van der Waals surface area contributed by atoms with Crippen molar-refractivity contribution in [3.8, 4) is 0 Å².